The first kappa shape index (κ1) is 18.6. The fourth-order valence-electron chi connectivity index (χ4n) is 3.39. The van der Waals surface area contributed by atoms with Crippen molar-refractivity contribution >= 4 is 22.6 Å². The maximum absolute atomic E-state index is 12.9. The number of anilines is 1. The van der Waals surface area contributed by atoms with Crippen LogP contribution in [0.4, 0.5) is 5.69 Å². The number of fused-ring (bicyclic) bond motifs is 1. The molecule has 4 rings (SSSR count). The molecule has 0 unspecified atom stereocenters. The Labute approximate surface area is 167 Å². The summed E-state index contributed by atoms with van der Waals surface area (Å²) in [5.74, 6) is 0.395. The van der Waals surface area contributed by atoms with Gasteiger partial charge in [-0.1, -0.05) is 18.2 Å². The number of benzene rings is 2. The smallest absolute Gasteiger partial charge is 0.295 e. The number of para-hydroxylation sites is 1. The zero-order chi connectivity index (χ0) is 20.5. The van der Waals surface area contributed by atoms with Crippen LogP contribution in [0.1, 0.15) is 11.3 Å². The van der Waals surface area contributed by atoms with Crippen LogP contribution >= 0.6 is 0 Å². The van der Waals surface area contributed by atoms with Crippen molar-refractivity contribution in [3.8, 4) is 11.4 Å². The normalized spacial score (nSPS) is 11.0. The third kappa shape index (κ3) is 3.31. The molecule has 2 aromatic heterocycles. The van der Waals surface area contributed by atoms with Gasteiger partial charge in [0.2, 0.25) is 5.91 Å². The molecule has 29 heavy (non-hydrogen) atoms. The molecule has 0 radical (unpaired) electrons. The first-order chi connectivity index (χ1) is 14.0. The summed E-state index contributed by atoms with van der Waals surface area (Å²) in [7, 11) is 3.37. The fourth-order valence-corrected chi connectivity index (χ4v) is 3.39. The molecule has 0 bridgehead atoms. The SMILES string of the molecule is COc1ccc2occ(CC(=O)Nc3c(C)n(C)n(-c4ccccc4)c3=O)c2c1. The van der Waals surface area contributed by atoms with Gasteiger partial charge in [0.25, 0.3) is 5.56 Å². The van der Waals surface area contributed by atoms with Crippen molar-refractivity contribution in [2.75, 3.05) is 12.4 Å². The zero-order valence-electron chi connectivity index (χ0n) is 16.4. The number of nitrogens with zero attached hydrogens (tertiary/aromatic N) is 2. The molecule has 2 aromatic carbocycles. The number of ether oxygens (including phenoxy) is 1. The van der Waals surface area contributed by atoms with E-state index in [1.165, 1.54) is 4.68 Å². The molecule has 0 aliphatic heterocycles. The van der Waals surface area contributed by atoms with Crippen LogP contribution in [0.3, 0.4) is 0 Å². The molecule has 0 saturated carbocycles. The minimum Gasteiger partial charge on any atom is -0.497 e. The van der Waals surface area contributed by atoms with E-state index in [0.717, 1.165) is 16.6 Å². The lowest BCUT2D eigenvalue weighted by Gasteiger charge is -2.07. The fraction of sp³-hybridized carbons (Fsp3) is 0.182. The van der Waals surface area contributed by atoms with Crippen LogP contribution in [0.5, 0.6) is 5.75 Å². The summed E-state index contributed by atoms with van der Waals surface area (Å²) < 4.78 is 14.0. The van der Waals surface area contributed by atoms with E-state index in [4.69, 9.17) is 9.15 Å². The predicted molar refractivity (Wildman–Crippen MR) is 111 cm³/mol. The average molecular weight is 391 g/mol. The van der Waals surface area contributed by atoms with Gasteiger partial charge in [-0.25, -0.2) is 4.68 Å². The number of rotatable bonds is 5. The molecular formula is C22H21N3O4. The molecule has 0 atom stereocenters. The quantitative estimate of drug-likeness (QED) is 0.565. The number of methoxy groups -OCH3 is 1. The number of nitrogens with one attached hydrogen (secondary N) is 1. The van der Waals surface area contributed by atoms with Gasteiger partial charge in [-0.15, -0.1) is 0 Å². The van der Waals surface area contributed by atoms with Crippen LogP contribution in [0.15, 0.2) is 64.0 Å². The Bertz CT molecular complexity index is 1250. The van der Waals surface area contributed by atoms with Crippen LogP contribution in [0, 0.1) is 6.92 Å². The highest BCUT2D eigenvalue weighted by atomic mass is 16.5. The van der Waals surface area contributed by atoms with E-state index >= 15 is 0 Å². The van der Waals surface area contributed by atoms with E-state index in [9.17, 15) is 9.59 Å². The molecule has 0 saturated heterocycles. The van der Waals surface area contributed by atoms with Crippen LogP contribution < -0.4 is 15.6 Å². The van der Waals surface area contributed by atoms with Crippen LogP contribution in [0.25, 0.3) is 16.7 Å². The minimum absolute atomic E-state index is 0.0826. The topological polar surface area (TPSA) is 78.4 Å². The van der Waals surface area contributed by atoms with Gasteiger partial charge in [-0.2, -0.15) is 0 Å². The van der Waals surface area contributed by atoms with E-state index in [1.807, 2.05) is 36.4 Å². The van der Waals surface area contributed by atoms with E-state index in [-0.39, 0.29) is 23.6 Å². The third-order valence-corrected chi connectivity index (χ3v) is 5.03. The number of hydrogen-bond acceptors (Lipinski definition) is 4. The van der Waals surface area contributed by atoms with Crippen molar-refractivity contribution in [2.24, 2.45) is 7.05 Å². The lowest BCUT2D eigenvalue weighted by molar-refractivity contribution is -0.115. The highest BCUT2D eigenvalue weighted by Gasteiger charge is 2.19. The van der Waals surface area contributed by atoms with E-state index < -0.39 is 0 Å². The maximum Gasteiger partial charge on any atom is 0.295 e. The summed E-state index contributed by atoms with van der Waals surface area (Å²) in [5, 5.41) is 3.59. The Hall–Kier alpha value is -3.74. The van der Waals surface area contributed by atoms with Crippen LogP contribution in [-0.4, -0.2) is 22.4 Å². The zero-order valence-corrected chi connectivity index (χ0v) is 16.4. The van der Waals surface area contributed by atoms with Crippen molar-refractivity contribution < 1.29 is 13.9 Å². The number of aromatic nitrogens is 2. The lowest BCUT2D eigenvalue weighted by atomic mass is 10.1. The number of carbonyl (C=O) groups excluding carboxylic acids is 1. The Kier molecular flexibility index (Phi) is 4.72. The number of amides is 1. The largest absolute Gasteiger partial charge is 0.497 e. The molecule has 1 amide bonds. The second kappa shape index (κ2) is 7.35. The number of hydrogen-bond donors (Lipinski definition) is 1. The van der Waals surface area contributed by atoms with Crippen molar-refractivity contribution in [3.05, 3.63) is 76.4 Å². The summed E-state index contributed by atoms with van der Waals surface area (Å²) in [4.78, 5) is 25.6. The Balaban J connectivity index is 1.62. The average Bonchev–Trinajstić information content (AvgIpc) is 3.22. The standard InChI is InChI=1S/C22H21N3O4/c1-14-21(22(27)25(24(14)2)16-7-5-4-6-8-16)23-20(26)11-15-13-29-19-10-9-17(28-3)12-18(15)19/h4-10,12-13H,11H2,1-3H3,(H,23,26). The summed E-state index contributed by atoms with van der Waals surface area (Å²) in [6.45, 7) is 1.80. The van der Waals surface area contributed by atoms with Crippen LogP contribution in [0.2, 0.25) is 0 Å². The van der Waals surface area contributed by atoms with Gasteiger partial charge in [-0.3, -0.25) is 14.3 Å². The molecular weight excluding hydrogens is 370 g/mol. The third-order valence-electron chi connectivity index (χ3n) is 5.03. The molecule has 4 aromatic rings. The minimum atomic E-state index is -0.290. The molecule has 0 fully saturated rings. The Morgan fingerprint density at radius 2 is 1.93 bits per heavy atom. The molecule has 0 aliphatic carbocycles. The van der Waals surface area contributed by atoms with Crippen LogP contribution in [-0.2, 0) is 18.3 Å². The molecule has 148 valence electrons. The number of carbonyl (C=O) groups is 1. The molecule has 0 spiro atoms. The van der Waals surface area contributed by atoms with Gasteiger partial charge in [0, 0.05) is 18.0 Å². The predicted octanol–water partition coefficient (Wildman–Crippen LogP) is 3.42. The lowest BCUT2D eigenvalue weighted by Crippen LogP contribution is -2.23. The monoisotopic (exact) mass is 391 g/mol. The molecule has 7 heteroatoms. The summed E-state index contributed by atoms with van der Waals surface area (Å²) >= 11 is 0. The van der Waals surface area contributed by atoms with Crippen molar-refractivity contribution in [1.29, 1.82) is 0 Å². The second-order valence-electron chi connectivity index (χ2n) is 6.78. The molecule has 2 heterocycles. The second-order valence-corrected chi connectivity index (χ2v) is 6.78. The molecule has 0 aliphatic rings. The summed E-state index contributed by atoms with van der Waals surface area (Å²) in [6, 6.07) is 14.7. The highest BCUT2D eigenvalue weighted by molar-refractivity contribution is 5.95. The number of furan rings is 1. The van der Waals surface area contributed by atoms with Gasteiger partial charge in [-0.05, 0) is 37.3 Å². The molecule has 1 N–H and O–H groups in total. The van der Waals surface area contributed by atoms with E-state index in [2.05, 4.69) is 5.32 Å². The van der Waals surface area contributed by atoms with Gasteiger partial charge < -0.3 is 14.5 Å². The van der Waals surface area contributed by atoms with Gasteiger partial charge in [0.1, 0.15) is 17.0 Å². The Morgan fingerprint density at radius 3 is 2.66 bits per heavy atom. The summed E-state index contributed by atoms with van der Waals surface area (Å²) in [6.07, 6.45) is 1.64. The maximum atomic E-state index is 12.9. The van der Waals surface area contributed by atoms with Crippen molar-refractivity contribution in [1.82, 2.24) is 9.36 Å². The first-order valence-corrected chi connectivity index (χ1v) is 9.17. The Morgan fingerprint density at radius 1 is 1.17 bits per heavy atom. The van der Waals surface area contributed by atoms with Crippen molar-refractivity contribution in [3.63, 3.8) is 0 Å². The van der Waals surface area contributed by atoms with Gasteiger partial charge in [0.15, 0.2) is 0 Å². The van der Waals surface area contributed by atoms with E-state index in [0.29, 0.717) is 17.0 Å². The van der Waals surface area contributed by atoms with Gasteiger partial charge in [0.05, 0.1) is 31.2 Å². The molecule has 7 nitrogen and oxygen atoms in total. The first-order valence-electron chi connectivity index (χ1n) is 9.17. The van der Waals surface area contributed by atoms with Gasteiger partial charge >= 0.3 is 0 Å². The van der Waals surface area contributed by atoms with Crippen molar-refractivity contribution in [2.45, 2.75) is 13.3 Å². The van der Waals surface area contributed by atoms with E-state index in [1.54, 1.807) is 44.2 Å². The summed E-state index contributed by atoms with van der Waals surface area (Å²) in [5.41, 5.74) is 2.81. The highest BCUT2D eigenvalue weighted by Crippen LogP contribution is 2.26.